The Hall–Kier alpha value is -1.79. The molecule has 2 fully saturated rings. The molecule has 2 rings (SSSR count). The van der Waals surface area contributed by atoms with Crippen LogP contribution in [0.2, 0.25) is 0 Å². The molecule has 7 nitrogen and oxygen atoms in total. The lowest BCUT2D eigenvalue weighted by Gasteiger charge is -2.40. The van der Waals surface area contributed by atoms with Crippen molar-refractivity contribution < 1.29 is 19.5 Å². The number of carboxylic acid groups (broad SMARTS) is 1. The van der Waals surface area contributed by atoms with E-state index in [9.17, 15) is 19.5 Å². The van der Waals surface area contributed by atoms with E-state index in [0.29, 0.717) is 32.4 Å². The first kappa shape index (κ1) is 15.6. The molecule has 2 atom stereocenters. The van der Waals surface area contributed by atoms with E-state index in [1.807, 2.05) is 0 Å². The molecule has 3 amide bonds. The topological polar surface area (TPSA) is 90.0 Å². The van der Waals surface area contributed by atoms with Crippen molar-refractivity contribution in [3.63, 3.8) is 0 Å². The maximum atomic E-state index is 12.8. The van der Waals surface area contributed by atoms with Gasteiger partial charge in [0.1, 0.15) is 11.6 Å². The third-order valence-corrected chi connectivity index (χ3v) is 4.63. The zero-order valence-electron chi connectivity index (χ0n) is 12.6. The van der Waals surface area contributed by atoms with Crippen LogP contribution in [-0.2, 0) is 9.59 Å². The first-order valence-corrected chi connectivity index (χ1v) is 7.45. The van der Waals surface area contributed by atoms with Crippen molar-refractivity contribution in [1.29, 1.82) is 0 Å². The highest BCUT2D eigenvalue weighted by atomic mass is 16.4. The number of aliphatic carboxylic acids is 1. The van der Waals surface area contributed by atoms with Crippen LogP contribution in [0, 0.1) is 0 Å². The van der Waals surface area contributed by atoms with E-state index in [0.717, 1.165) is 12.8 Å². The molecule has 0 saturated carbocycles. The number of likely N-dealkylation sites (tertiary alicyclic amines) is 2. The number of likely N-dealkylation sites (N-methyl/N-ethyl adjacent to an activating group) is 1. The highest BCUT2D eigenvalue weighted by Crippen LogP contribution is 2.31. The smallest absolute Gasteiger partial charge is 0.329 e. The van der Waals surface area contributed by atoms with E-state index in [1.165, 1.54) is 9.80 Å². The fourth-order valence-corrected chi connectivity index (χ4v) is 3.25. The molecule has 0 aromatic heterocycles. The highest BCUT2D eigenvalue weighted by Gasteiger charge is 2.48. The Kier molecular flexibility index (Phi) is 4.39. The molecule has 0 bridgehead atoms. The molecule has 0 spiro atoms. The summed E-state index contributed by atoms with van der Waals surface area (Å²) in [4.78, 5) is 39.2. The predicted molar refractivity (Wildman–Crippen MR) is 75.8 cm³/mol. The summed E-state index contributed by atoms with van der Waals surface area (Å²) in [5, 5.41) is 12.0. The second-order valence-electron chi connectivity index (χ2n) is 5.94. The third kappa shape index (κ3) is 2.69. The molecule has 2 heterocycles. The van der Waals surface area contributed by atoms with Crippen LogP contribution < -0.4 is 5.32 Å². The number of nitrogens with zero attached hydrogens (tertiary/aromatic N) is 2. The van der Waals surface area contributed by atoms with Crippen molar-refractivity contribution in [1.82, 2.24) is 15.1 Å². The van der Waals surface area contributed by atoms with Gasteiger partial charge in [-0.3, -0.25) is 4.79 Å². The van der Waals surface area contributed by atoms with Crippen molar-refractivity contribution >= 4 is 17.9 Å². The Morgan fingerprint density at radius 1 is 1.19 bits per heavy atom. The van der Waals surface area contributed by atoms with Gasteiger partial charge in [-0.05, 0) is 39.0 Å². The second-order valence-corrected chi connectivity index (χ2v) is 5.94. The maximum absolute atomic E-state index is 12.8. The number of carbonyl (C=O) groups excluding carboxylic acids is 2. The van der Waals surface area contributed by atoms with Crippen molar-refractivity contribution in [3.05, 3.63) is 0 Å². The largest absolute Gasteiger partial charge is 0.480 e. The minimum atomic E-state index is -1.16. The van der Waals surface area contributed by atoms with Gasteiger partial charge in [0.15, 0.2) is 0 Å². The molecule has 0 radical (unpaired) electrons. The van der Waals surface area contributed by atoms with Crippen molar-refractivity contribution in [3.8, 4) is 0 Å². The molecular weight excluding hydrogens is 274 g/mol. The number of nitrogens with one attached hydrogen (secondary N) is 1. The lowest BCUT2D eigenvalue weighted by molar-refractivity contribution is -0.147. The van der Waals surface area contributed by atoms with Crippen LogP contribution in [0.25, 0.3) is 0 Å². The summed E-state index contributed by atoms with van der Waals surface area (Å²) >= 11 is 0. The minimum absolute atomic E-state index is 0.181. The van der Waals surface area contributed by atoms with Gasteiger partial charge in [-0.25, -0.2) is 9.59 Å². The number of carbonyl (C=O) groups is 3. The number of rotatable bonds is 2. The molecule has 2 unspecified atom stereocenters. The van der Waals surface area contributed by atoms with E-state index in [-0.39, 0.29) is 11.9 Å². The van der Waals surface area contributed by atoms with Gasteiger partial charge >= 0.3 is 12.0 Å². The summed E-state index contributed by atoms with van der Waals surface area (Å²) in [6, 6.07) is -0.819. The van der Waals surface area contributed by atoms with Gasteiger partial charge in [-0.15, -0.1) is 0 Å². The van der Waals surface area contributed by atoms with Crippen molar-refractivity contribution in [2.45, 2.75) is 50.6 Å². The van der Waals surface area contributed by atoms with Gasteiger partial charge in [-0.1, -0.05) is 0 Å². The SMILES string of the molecule is CNC(=O)C1CCCCN1C(=O)N1CCCC1(C)C(=O)O. The van der Waals surface area contributed by atoms with Crippen LogP contribution in [0.3, 0.4) is 0 Å². The van der Waals surface area contributed by atoms with Gasteiger partial charge in [0.25, 0.3) is 0 Å². The molecule has 118 valence electrons. The lowest BCUT2D eigenvalue weighted by Crippen LogP contribution is -2.60. The summed E-state index contributed by atoms with van der Waals surface area (Å²) in [5.74, 6) is -1.17. The van der Waals surface area contributed by atoms with Gasteiger partial charge in [0, 0.05) is 20.1 Å². The van der Waals surface area contributed by atoms with Gasteiger partial charge in [0.05, 0.1) is 0 Å². The quantitative estimate of drug-likeness (QED) is 0.783. The molecule has 2 saturated heterocycles. The zero-order valence-corrected chi connectivity index (χ0v) is 12.6. The minimum Gasteiger partial charge on any atom is -0.480 e. The second kappa shape index (κ2) is 5.91. The third-order valence-electron chi connectivity index (χ3n) is 4.63. The Labute approximate surface area is 124 Å². The average molecular weight is 297 g/mol. The molecule has 2 aliphatic heterocycles. The molecule has 0 aliphatic carbocycles. The molecule has 21 heavy (non-hydrogen) atoms. The van der Waals surface area contributed by atoms with Crippen LogP contribution in [0.1, 0.15) is 39.0 Å². The van der Waals surface area contributed by atoms with E-state index in [4.69, 9.17) is 0 Å². The fourth-order valence-electron chi connectivity index (χ4n) is 3.25. The first-order chi connectivity index (χ1) is 9.91. The fraction of sp³-hybridized carbons (Fsp3) is 0.786. The first-order valence-electron chi connectivity index (χ1n) is 7.45. The summed E-state index contributed by atoms with van der Waals surface area (Å²) in [7, 11) is 1.55. The Bertz CT molecular complexity index is 454. The number of amides is 3. The number of piperidine rings is 1. The summed E-state index contributed by atoms with van der Waals surface area (Å²) in [6.07, 6.45) is 3.50. The Balaban J connectivity index is 2.21. The average Bonchev–Trinajstić information content (AvgIpc) is 2.89. The molecule has 0 aromatic rings. The van der Waals surface area contributed by atoms with E-state index < -0.39 is 17.6 Å². The number of carboxylic acids is 1. The standard InChI is InChI=1S/C14H23N3O4/c1-14(12(19)20)7-5-9-17(14)13(21)16-8-4-3-6-10(16)11(18)15-2/h10H,3-9H2,1-2H3,(H,15,18)(H,19,20). The number of urea groups is 1. The van der Waals surface area contributed by atoms with E-state index in [1.54, 1.807) is 14.0 Å². The van der Waals surface area contributed by atoms with Crippen molar-refractivity contribution in [2.24, 2.45) is 0 Å². The van der Waals surface area contributed by atoms with E-state index >= 15 is 0 Å². The van der Waals surface area contributed by atoms with Crippen LogP contribution in [0.15, 0.2) is 0 Å². The van der Waals surface area contributed by atoms with Crippen LogP contribution >= 0.6 is 0 Å². The molecule has 2 aliphatic rings. The maximum Gasteiger partial charge on any atom is 0.329 e. The van der Waals surface area contributed by atoms with Crippen LogP contribution in [0.5, 0.6) is 0 Å². The summed E-state index contributed by atoms with van der Waals surface area (Å²) in [5.41, 5.74) is -1.16. The molecule has 7 heteroatoms. The van der Waals surface area contributed by atoms with Gasteiger partial charge in [0.2, 0.25) is 5.91 Å². The normalized spacial score (nSPS) is 29.3. The molecule has 0 aromatic carbocycles. The number of hydrogen-bond donors (Lipinski definition) is 2. The molecule has 2 N–H and O–H groups in total. The zero-order chi connectivity index (χ0) is 15.6. The summed E-state index contributed by atoms with van der Waals surface area (Å²) in [6.45, 7) is 2.51. The van der Waals surface area contributed by atoms with Gasteiger partial charge in [-0.2, -0.15) is 0 Å². The Morgan fingerprint density at radius 3 is 2.52 bits per heavy atom. The predicted octanol–water partition coefficient (Wildman–Crippen LogP) is 0.646. The van der Waals surface area contributed by atoms with E-state index in [2.05, 4.69) is 5.32 Å². The Morgan fingerprint density at radius 2 is 1.90 bits per heavy atom. The molecular formula is C14H23N3O4. The monoisotopic (exact) mass is 297 g/mol. The van der Waals surface area contributed by atoms with Crippen LogP contribution in [-0.4, -0.2) is 64.5 Å². The highest BCUT2D eigenvalue weighted by molar-refractivity contribution is 5.90. The summed E-state index contributed by atoms with van der Waals surface area (Å²) < 4.78 is 0. The van der Waals surface area contributed by atoms with Crippen LogP contribution in [0.4, 0.5) is 4.79 Å². The lowest BCUT2D eigenvalue weighted by atomic mass is 9.98. The van der Waals surface area contributed by atoms with Crippen molar-refractivity contribution in [2.75, 3.05) is 20.1 Å². The van der Waals surface area contributed by atoms with Gasteiger partial charge < -0.3 is 20.2 Å². The number of hydrogen-bond acceptors (Lipinski definition) is 3.